The van der Waals surface area contributed by atoms with E-state index >= 15 is 0 Å². The van der Waals surface area contributed by atoms with E-state index in [0.717, 1.165) is 83.9 Å². The van der Waals surface area contributed by atoms with Crippen molar-refractivity contribution in [1.82, 2.24) is 19.8 Å². The van der Waals surface area contributed by atoms with Crippen molar-refractivity contribution in [3.8, 4) is 6.01 Å². The number of rotatable bonds is 11. The molecule has 0 saturated carbocycles. The third-order valence-corrected chi connectivity index (χ3v) is 10.8. The molecular formula is C39H43ClN6O4S. The van der Waals surface area contributed by atoms with Gasteiger partial charge in [-0.3, -0.25) is 9.69 Å². The van der Waals surface area contributed by atoms with Crippen LogP contribution in [0, 0.1) is 0 Å². The van der Waals surface area contributed by atoms with Crippen LogP contribution in [0.5, 0.6) is 6.01 Å². The van der Waals surface area contributed by atoms with Crippen LogP contribution in [0.1, 0.15) is 40.9 Å². The van der Waals surface area contributed by atoms with E-state index < -0.39 is 0 Å². The number of hydrogen-bond acceptors (Lipinski definition) is 10. The van der Waals surface area contributed by atoms with Gasteiger partial charge >= 0.3 is 12.0 Å². The number of fused-ring (bicyclic) bond motifs is 2. The normalized spacial score (nSPS) is 17.8. The molecule has 10 nitrogen and oxygen atoms in total. The second-order valence-corrected chi connectivity index (χ2v) is 14.1. The molecule has 266 valence electrons. The summed E-state index contributed by atoms with van der Waals surface area (Å²) in [5.74, 6) is 0.498. The number of carbonyl (C=O) groups excluding carboxylic acids is 2. The van der Waals surface area contributed by atoms with Gasteiger partial charge in [-0.1, -0.05) is 54.6 Å². The Morgan fingerprint density at radius 3 is 2.57 bits per heavy atom. The quantitative estimate of drug-likeness (QED) is 0.0858. The lowest BCUT2D eigenvalue weighted by molar-refractivity contribution is -0.126. The number of hydrogen-bond donors (Lipinski definition) is 1. The van der Waals surface area contributed by atoms with Crippen molar-refractivity contribution in [2.75, 3.05) is 68.8 Å². The molecule has 3 aromatic carbocycles. The minimum Gasteiger partial charge on any atom is -0.462 e. The first-order valence-corrected chi connectivity index (χ1v) is 18.5. The number of benzene rings is 3. The summed E-state index contributed by atoms with van der Waals surface area (Å²) < 4.78 is 12.0. The number of halogens is 1. The smallest absolute Gasteiger partial charge is 0.339 e. The summed E-state index contributed by atoms with van der Waals surface area (Å²) in [7, 11) is 0. The van der Waals surface area contributed by atoms with Crippen LogP contribution in [-0.2, 0) is 22.5 Å². The molecule has 1 aromatic heterocycles. The van der Waals surface area contributed by atoms with Gasteiger partial charge in [-0.05, 0) is 68.0 Å². The van der Waals surface area contributed by atoms with Crippen LogP contribution in [-0.4, -0.2) is 96.7 Å². The Morgan fingerprint density at radius 2 is 1.76 bits per heavy atom. The SMILES string of the molecule is C=CC(=O)N1CCN(c2nc(OCC3CCCN3CCCOC(=O)c3ccccc3S)nc3c2CCN(c2cccc4cccc(Cl)c24)C3)CC1. The fraction of sp³-hybridized carbons (Fsp3) is 0.385. The summed E-state index contributed by atoms with van der Waals surface area (Å²) in [6, 6.07) is 20.1. The van der Waals surface area contributed by atoms with Gasteiger partial charge in [-0.15, -0.1) is 12.6 Å². The fourth-order valence-corrected chi connectivity index (χ4v) is 7.96. The van der Waals surface area contributed by atoms with E-state index in [4.69, 9.17) is 31.0 Å². The molecule has 1 unspecified atom stereocenters. The second-order valence-electron chi connectivity index (χ2n) is 13.2. The van der Waals surface area contributed by atoms with Crippen LogP contribution >= 0.6 is 24.2 Å². The largest absolute Gasteiger partial charge is 0.462 e. The lowest BCUT2D eigenvalue weighted by Crippen LogP contribution is -2.49. The summed E-state index contributed by atoms with van der Waals surface area (Å²) in [6.45, 7) is 10.2. The maximum atomic E-state index is 12.5. The maximum absolute atomic E-state index is 12.5. The van der Waals surface area contributed by atoms with Gasteiger partial charge in [0.25, 0.3) is 0 Å². The standard InChI is InChI=1S/C39H43ClN6O4S/c1-2-35(47)44-20-22-45(23-21-44)37-29-16-19-46(33-14-6-10-27-9-5-13-31(40)36(27)33)25-32(29)41-39(42-37)50-26-28-11-7-17-43(28)18-8-24-49-38(48)30-12-3-4-15-34(30)51/h2-6,9-10,12-15,28,51H,1,7-8,11,16-26H2. The number of nitrogens with zero attached hydrogens (tertiary/aromatic N) is 6. The Kier molecular flexibility index (Phi) is 11.0. The highest BCUT2D eigenvalue weighted by molar-refractivity contribution is 7.80. The number of ether oxygens (including phenoxy) is 2. The van der Waals surface area contributed by atoms with Crippen LogP contribution in [0.15, 0.2) is 78.2 Å². The number of thiol groups is 1. The maximum Gasteiger partial charge on any atom is 0.339 e. The van der Waals surface area contributed by atoms with Crippen LogP contribution in [0.4, 0.5) is 11.5 Å². The predicted octanol–water partition coefficient (Wildman–Crippen LogP) is 6.06. The third kappa shape index (κ3) is 7.80. The number of likely N-dealkylation sites (tertiary alicyclic amines) is 1. The molecule has 4 aromatic rings. The van der Waals surface area contributed by atoms with Crippen LogP contribution < -0.4 is 14.5 Å². The molecule has 0 radical (unpaired) electrons. The van der Waals surface area contributed by atoms with E-state index in [0.29, 0.717) is 62.4 Å². The summed E-state index contributed by atoms with van der Waals surface area (Å²) in [5.41, 5.74) is 3.65. The molecule has 0 bridgehead atoms. The number of anilines is 2. The van der Waals surface area contributed by atoms with Crippen molar-refractivity contribution < 1.29 is 19.1 Å². The number of aromatic nitrogens is 2. The number of piperazine rings is 1. The van der Waals surface area contributed by atoms with E-state index in [1.165, 1.54) is 6.08 Å². The third-order valence-electron chi connectivity index (χ3n) is 10.1. The summed E-state index contributed by atoms with van der Waals surface area (Å²) >= 11 is 11.1. The van der Waals surface area contributed by atoms with Gasteiger partial charge in [0.05, 0.1) is 29.4 Å². The highest BCUT2D eigenvalue weighted by atomic mass is 35.5. The topological polar surface area (TPSA) is 91.3 Å². The molecule has 0 spiro atoms. The first-order valence-electron chi connectivity index (χ1n) is 17.7. The Labute approximate surface area is 309 Å². The molecule has 1 amide bonds. The van der Waals surface area contributed by atoms with Gasteiger partial charge in [0.15, 0.2) is 0 Å². The van der Waals surface area contributed by atoms with Gasteiger partial charge in [0.2, 0.25) is 5.91 Å². The molecule has 12 heteroatoms. The van der Waals surface area contributed by atoms with E-state index in [1.54, 1.807) is 12.1 Å². The molecule has 4 heterocycles. The van der Waals surface area contributed by atoms with E-state index in [-0.39, 0.29) is 17.9 Å². The first-order chi connectivity index (χ1) is 24.9. The Hall–Kier alpha value is -4.32. The van der Waals surface area contributed by atoms with Crippen molar-refractivity contribution in [2.24, 2.45) is 0 Å². The number of amides is 1. The molecule has 3 aliphatic rings. The molecule has 51 heavy (non-hydrogen) atoms. The van der Waals surface area contributed by atoms with Gasteiger partial charge in [-0.25, -0.2) is 4.79 Å². The van der Waals surface area contributed by atoms with Crippen molar-refractivity contribution in [3.05, 3.63) is 95.2 Å². The lowest BCUT2D eigenvalue weighted by Gasteiger charge is -2.38. The highest BCUT2D eigenvalue weighted by Crippen LogP contribution is 2.37. The fourth-order valence-electron chi connectivity index (χ4n) is 7.43. The van der Waals surface area contributed by atoms with Crippen molar-refractivity contribution in [1.29, 1.82) is 0 Å². The summed E-state index contributed by atoms with van der Waals surface area (Å²) in [5, 5.41) is 2.88. The zero-order chi connectivity index (χ0) is 35.3. The molecular weight excluding hydrogens is 684 g/mol. The van der Waals surface area contributed by atoms with E-state index in [2.05, 4.69) is 58.2 Å². The van der Waals surface area contributed by atoms with Crippen molar-refractivity contribution in [3.63, 3.8) is 0 Å². The molecule has 2 saturated heterocycles. The summed E-state index contributed by atoms with van der Waals surface area (Å²) in [6.07, 6.45) is 4.97. The molecule has 1 atom stereocenters. The van der Waals surface area contributed by atoms with Crippen molar-refractivity contribution >= 4 is 58.4 Å². The molecule has 7 rings (SSSR count). The van der Waals surface area contributed by atoms with Gasteiger partial charge in [-0.2, -0.15) is 9.97 Å². The zero-order valence-electron chi connectivity index (χ0n) is 28.7. The van der Waals surface area contributed by atoms with Gasteiger partial charge in [0, 0.05) is 66.8 Å². The Balaban J connectivity index is 1.05. The average molecular weight is 727 g/mol. The minimum atomic E-state index is -0.349. The Bertz CT molecular complexity index is 1910. The van der Waals surface area contributed by atoms with Crippen LogP contribution in [0.25, 0.3) is 10.8 Å². The highest BCUT2D eigenvalue weighted by Gasteiger charge is 2.30. The first kappa shape index (κ1) is 35.1. The number of esters is 1. The van der Waals surface area contributed by atoms with Crippen LogP contribution in [0.2, 0.25) is 5.02 Å². The van der Waals surface area contributed by atoms with Gasteiger partial charge in [0.1, 0.15) is 12.4 Å². The molecule has 0 N–H and O–H groups in total. The molecule has 3 aliphatic heterocycles. The molecule has 0 aliphatic carbocycles. The van der Waals surface area contributed by atoms with Crippen LogP contribution in [0.3, 0.4) is 0 Å². The van der Waals surface area contributed by atoms with E-state index in [1.807, 2.05) is 29.2 Å². The zero-order valence-corrected chi connectivity index (χ0v) is 30.3. The minimum absolute atomic E-state index is 0.0462. The molecule has 2 fully saturated rings. The average Bonchev–Trinajstić information content (AvgIpc) is 3.62. The number of carbonyl (C=O) groups is 2. The lowest BCUT2D eigenvalue weighted by atomic mass is 10.0. The monoisotopic (exact) mass is 726 g/mol. The second kappa shape index (κ2) is 15.9. The predicted molar refractivity (Wildman–Crippen MR) is 203 cm³/mol. The van der Waals surface area contributed by atoms with E-state index in [9.17, 15) is 9.59 Å². The Morgan fingerprint density at radius 1 is 0.961 bits per heavy atom. The summed E-state index contributed by atoms with van der Waals surface area (Å²) in [4.78, 5) is 44.3. The van der Waals surface area contributed by atoms with Crippen molar-refractivity contribution in [2.45, 2.75) is 43.2 Å². The van der Waals surface area contributed by atoms with Gasteiger partial charge < -0.3 is 24.2 Å².